The standard InChI is InChI=1S/C12H15N3O3S/c13-7-9-6-11(19(14,17)18)3-4-12(9)15-5-1-2-10(16)8-15/h3-4,6,10,16H,1-2,5,8H2,(H2,14,17,18)/t10-/m1/s1. The van der Waals surface area contributed by atoms with Crippen molar-refractivity contribution < 1.29 is 13.5 Å². The van der Waals surface area contributed by atoms with Crippen molar-refractivity contribution in [2.24, 2.45) is 5.14 Å². The SMILES string of the molecule is N#Cc1cc(S(N)(=O)=O)ccc1N1CCC[C@@H](O)C1. The van der Waals surface area contributed by atoms with E-state index in [1.54, 1.807) is 6.07 Å². The average molecular weight is 281 g/mol. The van der Waals surface area contributed by atoms with E-state index in [1.807, 2.05) is 11.0 Å². The minimum Gasteiger partial charge on any atom is -0.391 e. The number of sulfonamides is 1. The number of aliphatic hydroxyl groups excluding tert-OH is 1. The summed E-state index contributed by atoms with van der Waals surface area (Å²) in [7, 11) is -3.81. The molecule has 1 aromatic rings. The molecule has 1 saturated heterocycles. The van der Waals surface area contributed by atoms with E-state index in [9.17, 15) is 13.5 Å². The summed E-state index contributed by atoms with van der Waals surface area (Å²) in [5.41, 5.74) is 0.884. The van der Waals surface area contributed by atoms with Crippen LogP contribution < -0.4 is 10.0 Å². The molecule has 102 valence electrons. The Kier molecular flexibility index (Phi) is 3.75. The quantitative estimate of drug-likeness (QED) is 0.803. The van der Waals surface area contributed by atoms with Gasteiger partial charge in [0, 0.05) is 13.1 Å². The van der Waals surface area contributed by atoms with Crippen LogP contribution >= 0.6 is 0 Å². The van der Waals surface area contributed by atoms with Gasteiger partial charge in [-0.25, -0.2) is 13.6 Å². The Labute approximate surface area is 112 Å². The van der Waals surface area contributed by atoms with Crippen molar-refractivity contribution in [2.75, 3.05) is 18.0 Å². The Morgan fingerprint density at radius 1 is 1.47 bits per heavy atom. The zero-order valence-corrected chi connectivity index (χ0v) is 11.1. The second-order valence-corrected chi connectivity index (χ2v) is 6.14. The minimum absolute atomic E-state index is 0.0784. The molecule has 0 unspecified atom stereocenters. The highest BCUT2D eigenvalue weighted by atomic mass is 32.2. The number of rotatable bonds is 2. The molecule has 0 radical (unpaired) electrons. The number of hydrogen-bond acceptors (Lipinski definition) is 5. The maximum atomic E-state index is 11.3. The fourth-order valence-electron chi connectivity index (χ4n) is 2.23. The van der Waals surface area contributed by atoms with Gasteiger partial charge in [-0.05, 0) is 31.0 Å². The minimum atomic E-state index is -3.81. The van der Waals surface area contributed by atoms with Gasteiger partial charge in [0.15, 0.2) is 0 Å². The van der Waals surface area contributed by atoms with Crippen LogP contribution in [0.25, 0.3) is 0 Å². The van der Waals surface area contributed by atoms with Gasteiger partial charge in [-0.15, -0.1) is 0 Å². The van der Waals surface area contributed by atoms with Crippen molar-refractivity contribution in [1.29, 1.82) is 5.26 Å². The third kappa shape index (κ3) is 3.04. The Morgan fingerprint density at radius 3 is 2.79 bits per heavy atom. The molecule has 1 fully saturated rings. The van der Waals surface area contributed by atoms with Crippen molar-refractivity contribution in [2.45, 2.75) is 23.8 Å². The number of anilines is 1. The smallest absolute Gasteiger partial charge is 0.238 e. The maximum Gasteiger partial charge on any atom is 0.238 e. The monoisotopic (exact) mass is 281 g/mol. The third-order valence-corrected chi connectivity index (χ3v) is 4.07. The second kappa shape index (κ2) is 5.17. The number of nitrogens with zero attached hydrogens (tertiary/aromatic N) is 2. The molecule has 1 aliphatic rings. The first-order valence-electron chi connectivity index (χ1n) is 5.92. The predicted molar refractivity (Wildman–Crippen MR) is 70.0 cm³/mol. The lowest BCUT2D eigenvalue weighted by molar-refractivity contribution is 0.154. The Hall–Kier alpha value is -1.62. The summed E-state index contributed by atoms with van der Waals surface area (Å²) >= 11 is 0. The third-order valence-electron chi connectivity index (χ3n) is 3.15. The van der Waals surface area contributed by atoms with Crippen LogP contribution in [0.3, 0.4) is 0 Å². The molecule has 1 atom stereocenters. The largest absolute Gasteiger partial charge is 0.391 e. The molecular weight excluding hydrogens is 266 g/mol. The molecule has 3 N–H and O–H groups in total. The number of β-amino-alcohol motifs (C(OH)–C–C–N with tert-alkyl or cyclic N) is 1. The van der Waals surface area contributed by atoms with Crippen molar-refractivity contribution in [3.63, 3.8) is 0 Å². The molecule has 6 nitrogen and oxygen atoms in total. The number of hydrogen-bond donors (Lipinski definition) is 2. The first-order valence-corrected chi connectivity index (χ1v) is 7.46. The van der Waals surface area contributed by atoms with E-state index in [4.69, 9.17) is 10.4 Å². The molecule has 0 aromatic heterocycles. The predicted octanol–water partition coefficient (Wildman–Crippen LogP) is 0.167. The van der Waals surface area contributed by atoms with E-state index in [1.165, 1.54) is 12.1 Å². The Morgan fingerprint density at radius 2 is 2.21 bits per heavy atom. The van der Waals surface area contributed by atoms with Gasteiger partial charge in [-0.1, -0.05) is 0 Å². The van der Waals surface area contributed by atoms with Gasteiger partial charge in [0.1, 0.15) is 6.07 Å². The first-order chi connectivity index (χ1) is 8.91. The summed E-state index contributed by atoms with van der Waals surface area (Å²) in [4.78, 5) is 1.81. The molecule has 0 spiro atoms. The zero-order valence-electron chi connectivity index (χ0n) is 10.3. The summed E-state index contributed by atoms with van der Waals surface area (Å²) in [6.45, 7) is 1.18. The highest BCUT2D eigenvalue weighted by molar-refractivity contribution is 7.89. The van der Waals surface area contributed by atoms with Crippen molar-refractivity contribution >= 4 is 15.7 Å². The van der Waals surface area contributed by atoms with Crippen molar-refractivity contribution in [1.82, 2.24) is 0 Å². The van der Waals surface area contributed by atoms with Crippen molar-refractivity contribution in [3.8, 4) is 6.07 Å². The summed E-state index contributed by atoms with van der Waals surface area (Å²) in [5, 5.41) is 23.8. The van der Waals surface area contributed by atoms with Gasteiger partial charge in [-0.3, -0.25) is 0 Å². The highest BCUT2D eigenvalue weighted by Crippen LogP contribution is 2.26. The molecule has 7 heteroatoms. The van der Waals surface area contributed by atoms with Gasteiger partial charge >= 0.3 is 0 Å². The molecule has 1 aliphatic heterocycles. The molecule has 19 heavy (non-hydrogen) atoms. The van der Waals surface area contributed by atoms with Gasteiger partial charge in [0.05, 0.1) is 22.3 Å². The second-order valence-electron chi connectivity index (χ2n) is 4.58. The molecule has 0 aliphatic carbocycles. The number of primary sulfonamides is 1. The van der Waals surface area contributed by atoms with E-state index >= 15 is 0 Å². The Balaban J connectivity index is 2.39. The summed E-state index contributed by atoms with van der Waals surface area (Å²) < 4.78 is 22.5. The number of benzene rings is 1. The molecule has 1 heterocycles. The number of piperidine rings is 1. The summed E-state index contributed by atoms with van der Waals surface area (Å²) in [6.07, 6.45) is 1.16. The van der Waals surface area contributed by atoms with E-state index in [0.29, 0.717) is 12.2 Å². The fourth-order valence-corrected chi connectivity index (χ4v) is 2.77. The van der Waals surface area contributed by atoms with Crippen LogP contribution in [0, 0.1) is 11.3 Å². The topological polar surface area (TPSA) is 107 Å². The summed E-state index contributed by atoms with van der Waals surface area (Å²) in [6, 6.07) is 6.19. The van der Waals surface area contributed by atoms with E-state index in [-0.39, 0.29) is 10.5 Å². The molecule has 0 saturated carbocycles. The lowest BCUT2D eigenvalue weighted by Gasteiger charge is -2.32. The number of nitrogens with two attached hydrogens (primary N) is 1. The lowest BCUT2D eigenvalue weighted by atomic mass is 10.1. The van der Waals surface area contributed by atoms with Gasteiger partial charge in [0.2, 0.25) is 10.0 Å². The molecule has 0 amide bonds. The maximum absolute atomic E-state index is 11.3. The normalized spacial score (nSPS) is 20.1. The van der Waals surface area contributed by atoms with Crippen LogP contribution in [-0.2, 0) is 10.0 Å². The molecule has 2 rings (SSSR count). The van der Waals surface area contributed by atoms with Crippen LogP contribution in [0.2, 0.25) is 0 Å². The van der Waals surface area contributed by atoms with Crippen molar-refractivity contribution in [3.05, 3.63) is 23.8 Å². The number of nitriles is 1. The van der Waals surface area contributed by atoms with Gasteiger partial charge < -0.3 is 10.0 Å². The number of aliphatic hydroxyl groups is 1. The Bertz CT molecular complexity index is 622. The van der Waals surface area contributed by atoms with Crippen LogP contribution in [0.1, 0.15) is 18.4 Å². The van der Waals surface area contributed by atoms with Gasteiger partial charge in [-0.2, -0.15) is 5.26 Å². The highest BCUT2D eigenvalue weighted by Gasteiger charge is 2.21. The molecular formula is C12H15N3O3S. The van der Waals surface area contributed by atoms with Crippen LogP contribution in [0.15, 0.2) is 23.1 Å². The van der Waals surface area contributed by atoms with E-state index in [0.717, 1.165) is 19.4 Å². The van der Waals surface area contributed by atoms with E-state index < -0.39 is 16.1 Å². The van der Waals surface area contributed by atoms with Crippen LogP contribution in [-0.4, -0.2) is 32.7 Å². The molecule has 0 bridgehead atoms. The summed E-state index contributed by atoms with van der Waals surface area (Å²) in [5.74, 6) is 0. The van der Waals surface area contributed by atoms with Crippen LogP contribution in [0.5, 0.6) is 0 Å². The van der Waals surface area contributed by atoms with Crippen LogP contribution in [0.4, 0.5) is 5.69 Å². The average Bonchev–Trinajstić information content (AvgIpc) is 2.37. The fraction of sp³-hybridized carbons (Fsp3) is 0.417. The lowest BCUT2D eigenvalue weighted by Crippen LogP contribution is -2.38. The first kappa shape index (κ1) is 13.8. The molecule has 1 aromatic carbocycles. The zero-order chi connectivity index (χ0) is 14.0. The van der Waals surface area contributed by atoms with Gasteiger partial charge in [0.25, 0.3) is 0 Å². The van der Waals surface area contributed by atoms with E-state index in [2.05, 4.69) is 0 Å².